The molecule has 1 aliphatic rings. The molecular formula is C13H13FN2O2. The van der Waals surface area contributed by atoms with Gasteiger partial charge in [0.1, 0.15) is 11.5 Å². The van der Waals surface area contributed by atoms with E-state index in [1.54, 1.807) is 12.1 Å². The Labute approximate surface area is 104 Å². The van der Waals surface area contributed by atoms with Gasteiger partial charge in [0.25, 0.3) is 5.91 Å². The summed E-state index contributed by atoms with van der Waals surface area (Å²) in [7, 11) is 0. The predicted molar refractivity (Wildman–Crippen MR) is 64.9 cm³/mol. The minimum absolute atomic E-state index is 0.222. The van der Waals surface area contributed by atoms with E-state index < -0.39 is 6.03 Å². The molecular weight excluding hydrogens is 235 g/mol. The molecule has 1 aromatic carbocycles. The number of benzene rings is 1. The van der Waals surface area contributed by atoms with Gasteiger partial charge < -0.3 is 5.32 Å². The Morgan fingerprint density at radius 3 is 2.56 bits per heavy atom. The van der Waals surface area contributed by atoms with E-state index in [0.29, 0.717) is 18.5 Å². The first kappa shape index (κ1) is 12.3. The van der Waals surface area contributed by atoms with E-state index in [9.17, 15) is 14.0 Å². The Hall–Kier alpha value is -2.17. The first-order valence-electron chi connectivity index (χ1n) is 5.72. The molecule has 1 heterocycles. The monoisotopic (exact) mass is 248 g/mol. The Balaban J connectivity index is 2.22. The minimum Gasteiger partial charge on any atom is -0.303 e. The number of hydrogen-bond acceptors (Lipinski definition) is 2. The molecule has 0 unspecified atom stereocenters. The predicted octanol–water partition coefficient (Wildman–Crippen LogP) is 2.13. The minimum atomic E-state index is -0.407. The zero-order valence-corrected chi connectivity index (χ0v) is 9.94. The summed E-state index contributed by atoms with van der Waals surface area (Å²) in [6, 6.07) is 5.29. The number of nitrogens with one attached hydrogen (secondary N) is 1. The van der Waals surface area contributed by atoms with Crippen LogP contribution < -0.4 is 5.32 Å². The third kappa shape index (κ3) is 2.40. The SMILES string of the molecule is CCCN1C(=O)N/C(=C/c2ccc(F)cc2)C1=O. The smallest absolute Gasteiger partial charge is 0.303 e. The number of hydrogen-bond donors (Lipinski definition) is 1. The summed E-state index contributed by atoms with van der Waals surface area (Å²) in [6.07, 6.45) is 2.25. The van der Waals surface area contributed by atoms with E-state index in [-0.39, 0.29) is 17.4 Å². The van der Waals surface area contributed by atoms with Crippen molar-refractivity contribution >= 4 is 18.0 Å². The Morgan fingerprint density at radius 1 is 1.28 bits per heavy atom. The Morgan fingerprint density at radius 2 is 1.94 bits per heavy atom. The maximum Gasteiger partial charge on any atom is 0.329 e. The van der Waals surface area contributed by atoms with E-state index in [1.165, 1.54) is 18.2 Å². The van der Waals surface area contributed by atoms with Crippen molar-refractivity contribution in [2.24, 2.45) is 0 Å². The van der Waals surface area contributed by atoms with Crippen molar-refractivity contribution in [3.63, 3.8) is 0 Å². The molecule has 1 N–H and O–H groups in total. The summed E-state index contributed by atoms with van der Waals surface area (Å²) in [5, 5.41) is 2.51. The molecule has 0 bridgehead atoms. The average molecular weight is 248 g/mol. The van der Waals surface area contributed by atoms with Gasteiger partial charge in [-0.1, -0.05) is 19.1 Å². The van der Waals surface area contributed by atoms with Crippen molar-refractivity contribution in [1.82, 2.24) is 10.2 Å². The number of nitrogens with zero attached hydrogens (tertiary/aromatic N) is 1. The van der Waals surface area contributed by atoms with Crippen molar-refractivity contribution in [3.8, 4) is 0 Å². The number of carbonyl (C=O) groups is 2. The zero-order chi connectivity index (χ0) is 13.1. The van der Waals surface area contributed by atoms with Crippen LogP contribution in [0.25, 0.3) is 6.08 Å². The molecule has 1 saturated heterocycles. The molecule has 0 saturated carbocycles. The van der Waals surface area contributed by atoms with Gasteiger partial charge >= 0.3 is 6.03 Å². The fourth-order valence-corrected chi connectivity index (χ4v) is 1.72. The van der Waals surface area contributed by atoms with Gasteiger partial charge in [-0.05, 0) is 30.2 Å². The lowest BCUT2D eigenvalue weighted by atomic mass is 10.2. The van der Waals surface area contributed by atoms with E-state index in [0.717, 1.165) is 4.90 Å². The van der Waals surface area contributed by atoms with Crippen molar-refractivity contribution in [3.05, 3.63) is 41.3 Å². The third-order valence-electron chi connectivity index (χ3n) is 2.59. The molecule has 0 aromatic heterocycles. The van der Waals surface area contributed by atoms with Crippen LogP contribution in [0.2, 0.25) is 0 Å². The highest BCUT2D eigenvalue weighted by Crippen LogP contribution is 2.14. The molecule has 18 heavy (non-hydrogen) atoms. The number of rotatable bonds is 3. The molecule has 0 radical (unpaired) electrons. The zero-order valence-electron chi connectivity index (χ0n) is 9.94. The highest BCUT2D eigenvalue weighted by Gasteiger charge is 2.32. The number of carbonyl (C=O) groups excluding carboxylic acids is 2. The van der Waals surface area contributed by atoms with Gasteiger partial charge in [-0.2, -0.15) is 0 Å². The number of amides is 3. The highest BCUT2D eigenvalue weighted by atomic mass is 19.1. The first-order chi connectivity index (χ1) is 8.61. The number of imide groups is 1. The standard InChI is InChI=1S/C13H13FN2O2/c1-2-7-16-12(17)11(15-13(16)18)8-9-3-5-10(14)6-4-9/h3-6,8H,2,7H2,1H3,(H,15,18)/b11-8+. The lowest BCUT2D eigenvalue weighted by Crippen LogP contribution is -2.31. The lowest BCUT2D eigenvalue weighted by Gasteiger charge is -2.08. The van der Waals surface area contributed by atoms with Crippen LogP contribution in [-0.2, 0) is 4.79 Å². The molecule has 2 rings (SSSR count). The molecule has 3 amide bonds. The van der Waals surface area contributed by atoms with Crippen molar-refractivity contribution in [1.29, 1.82) is 0 Å². The van der Waals surface area contributed by atoms with Gasteiger partial charge in [-0.3, -0.25) is 9.69 Å². The molecule has 1 fully saturated rings. The summed E-state index contributed by atoms with van der Waals surface area (Å²) in [5.41, 5.74) is 0.887. The largest absolute Gasteiger partial charge is 0.329 e. The second kappa shape index (κ2) is 5.00. The van der Waals surface area contributed by atoms with Crippen LogP contribution in [0.1, 0.15) is 18.9 Å². The van der Waals surface area contributed by atoms with E-state index in [2.05, 4.69) is 5.32 Å². The van der Waals surface area contributed by atoms with E-state index in [1.807, 2.05) is 6.92 Å². The summed E-state index contributed by atoms with van der Waals surface area (Å²) >= 11 is 0. The molecule has 94 valence electrons. The maximum absolute atomic E-state index is 12.7. The van der Waals surface area contributed by atoms with Gasteiger partial charge in [-0.25, -0.2) is 9.18 Å². The van der Waals surface area contributed by atoms with Crippen LogP contribution in [0.4, 0.5) is 9.18 Å². The van der Waals surface area contributed by atoms with Gasteiger partial charge in [0.05, 0.1) is 0 Å². The summed E-state index contributed by atoms with van der Waals surface area (Å²) in [5.74, 6) is -0.683. The second-order valence-corrected chi connectivity index (χ2v) is 4.00. The lowest BCUT2D eigenvalue weighted by molar-refractivity contribution is -0.122. The first-order valence-corrected chi connectivity index (χ1v) is 5.72. The molecule has 0 spiro atoms. The summed E-state index contributed by atoms with van der Waals surface area (Å²) in [4.78, 5) is 24.6. The highest BCUT2D eigenvalue weighted by molar-refractivity contribution is 6.13. The fourth-order valence-electron chi connectivity index (χ4n) is 1.72. The second-order valence-electron chi connectivity index (χ2n) is 4.00. The molecule has 0 aliphatic carbocycles. The van der Waals surface area contributed by atoms with Crippen molar-refractivity contribution < 1.29 is 14.0 Å². The average Bonchev–Trinajstić information content (AvgIpc) is 2.60. The van der Waals surface area contributed by atoms with Crippen LogP contribution in [-0.4, -0.2) is 23.4 Å². The van der Waals surface area contributed by atoms with E-state index >= 15 is 0 Å². The van der Waals surface area contributed by atoms with Gasteiger partial charge in [0.2, 0.25) is 0 Å². The fraction of sp³-hybridized carbons (Fsp3) is 0.231. The normalized spacial score (nSPS) is 17.4. The van der Waals surface area contributed by atoms with Gasteiger partial charge in [-0.15, -0.1) is 0 Å². The van der Waals surface area contributed by atoms with Crippen molar-refractivity contribution in [2.45, 2.75) is 13.3 Å². The van der Waals surface area contributed by atoms with Gasteiger partial charge in [0.15, 0.2) is 0 Å². The van der Waals surface area contributed by atoms with Crippen LogP contribution in [0, 0.1) is 5.82 Å². The Bertz CT molecular complexity index is 508. The van der Waals surface area contributed by atoms with Crippen LogP contribution >= 0.6 is 0 Å². The molecule has 0 atom stereocenters. The topological polar surface area (TPSA) is 49.4 Å². The van der Waals surface area contributed by atoms with E-state index in [4.69, 9.17) is 0 Å². The quantitative estimate of drug-likeness (QED) is 0.658. The van der Waals surface area contributed by atoms with Crippen LogP contribution in [0.3, 0.4) is 0 Å². The summed E-state index contributed by atoms with van der Waals surface area (Å²) in [6.45, 7) is 2.29. The Kier molecular flexibility index (Phi) is 3.41. The van der Waals surface area contributed by atoms with Crippen LogP contribution in [0.15, 0.2) is 30.0 Å². The number of urea groups is 1. The molecule has 5 heteroatoms. The third-order valence-corrected chi connectivity index (χ3v) is 2.59. The molecule has 1 aliphatic heterocycles. The van der Waals surface area contributed by atoms with Crippen LogP contribution in [0.5, 0.6) is 0 Å². The molecule has 1 aromatic rings. The van der Waals surface area contributed by atoms with Crippen molar-refractivity contribution in [2.75, 3.05) is 6.54 Å². The maximum atomic E-state index is 12.7. The summed E-state index contributed by atoms with van der Waals surface area (Å²) < 4.78 is 12.7. The van der Waals surface area contributed by atoms with Gasteiger partial charge in [0, 0.05) is 6.54 Å². The molecule has 4 nitrogen and oxygen atoms in total. The number of halogens is 1.